The van der Waals surface area contributed by atoms with Crippen LogP contribution in [0, 0.1) is 0 Å². The molecule has 1 atom stereocenters. The highest BCUT2D eigenvalue weighted by Crippen LogP contribution is 2.30. The van der Waals surface area contributed by atoms with Crippen molar-refractivity contribution in [2.24, 2.45) is 0 Å². The molecule has 1 aliphatic rings. The van der Waals surface area contributed by atoms with Crippen LogP contribution in [0.1, 0.15) is 35.7 Å². The van der Waals surface area contributed by atoms with Gasteiger partial charge in [0.15, 0.2) is 0 Å². The number of nitrogens with one attached hydrogen (secondary N) is 2. The number of anilines is 1. The molecule has 1 unspecified atom stereocenters. The van der Waals surface area contributed by atoms with E-state index in [-0.39, 0.29) is 6.04 Å². The van der Waals surface area contributed by atoms with Gasteiger partial charge in [0.1, 0.15) is 5.75 Å². The van der Waals surface area contributed by atoms with Crippen LogP contribution < -0.4 is 15.4 Å². The SMILES string of the molecule is COc1cc(Cl)ccc1NC(=O)C(=O)NC1CCCc2c1cnn2Cc1ccccc1. The number of benzene rings is 2. The zero-order valence-electron chi connectivity index (χ0n) is 17.1. The van der Waals surface area contributed by atoms with Gasteiger partial charge in [-0.3, -0.25) is 14.3 Å². The zero-order chi connectivity index (χ0) is 21.8. The topological polar surface area (TPSA) is 85.2 Å². The number of methoxy groups -OCH3 is 1. The van der Waals surface area contributed by atoms with Crippen LogP contribution in [0.25, 0.3) is 0 Å². The predicted octanol–water partition coefficient (Wildman–Crippen LogP) is 3.73. The molecule has 1 aliphatic carbocycles. The Hall–Kier alpha value is -3.32. The number of fused-ring (bicyclic) bond motifs is 1. The maximum Gasteiger partial charge on any atom is 0.313 e. The number of hydrogen-bond acceptors (Lipinski definition) is 4. The number of amides is 2. The van der Waals surface area contributed by atoms with Crippen LogP contribution in [0.5, 0.6) is 5.75 Å². The van der Waals surface area contributed by atoms with Gasteiger partial charge in [-0.05, 0) is 37.0 Å². The quantitative estimate of drug-likeness (QED) is 0.594. The Morgan fingerprint density at radius 3 is 2.77 bits per heavy atom. The summed E-state index contributed by atoms with van der Waals surface area (Å²) < 4.78 is 7.19. The Labute approximate surface area is 185 Å². The lowest BCUT2D eigenvalue weighted by Crippen LogP contribution is -2.39. The van der Waals surface area contributed by atoms with E-state index >= 15 is 0 Å². The third-order valence-corrected chi connectivity index (χ3v) is 5.60. The van der Waals surface area contributed by atoms with E-state index in [0.29, 0.717) is 23.0 Å². The van der Waals surface area contributed by atoms with Crippen LogP contribution in [0.3, 0.4) is 0 Å². The smallest absolute Gasteiger partial charge is 0.313 e. The van der Waals surface area contributed by atoms with E-state index in [1.807, 2.05) is 22.9 Å². The van der Waals surface area contributed by atoms with Crippen LogP contribution in [0.15, 0.2) is 54.7 Å². The molecule has 0 saturated carbocycles. The normalized spacial score (nSPS) is 15.1. The Kier molecular flexibility index (Phi) is 6.23. The lowest BCUT2D eigenvalue weighted by Gasteiger charge is -2.24. The molecule has 0 spiro atoms. The average molecular weight is 439 g/mol. The summed E-state index contributed by atoms with van der Waals surface area (Å²) in [6, 6.07) is 14.6. The average Bonchev–Trinajstić information content (AvgIpc) is 3.19. The third-order valence-electron chi connectivity index (χ3n) is 5.36. The fourth-order valence-electron chi connectivity index (χ4n) is 3.83. The van der Waals surface area contributed by atoms with Gasteiger partial charge in [0.05, 0.1) is 31.6 Å². The second-order valence-corrected chi connectivity index (χ2v) is 7.84. The zero-order valence-corrected chi connectivity index (χ0v) is 17.9. The van der Waals surface area contributed by atoms with E-state index in [4.69, 9.17) is 16.3 Å². The number of carbonyl (C=O) groups is 2. The summed E-state index contributed by atoms with van der Waals surface area (Å²) in [4.78, 5) is 25.0. The second-order valence-electron chi connectivity index (χ2n) is 7.41. The van der Waals surface area contributed by atoms with Gasteiger partial charge < -0.3 is 15.4 Å². The van der Waals surface area contributed by atoms with Gasteiger partial charge >= 0.3 is 11.8 Å². The second kappa shape index (κ2) is 9.22. The molecule has 7 nitrogen and oxygen atoms in total. The predicted molar refractivity (Wildman–Crippen MR) is 118 cm³/mol. The third kappa shape index (κ3) is 4.72. The van der Waals surface area contributed by atoms with Gasteiger partial charge in [-0.1, -0.05) is 41.9 Å². The van der Waals surface area contributed by atoms with E-state index in [9.17, 15) is 9.59 Å². The monoisotopic (exact) mass is 438 g/mol. The van der Waals surface area contributed by atoms with E-state index in [0.717, 1.165) is 36.1 Å². The molecule has 0 aliphatic heterocycles. The molecule has 2 N–H and O–H groups in total. The first-order valence-electron chi connectivity index (χ1n) is 10.1. The van der Waals surface area contributed by atoms with Gasteiger partial charge in [0, 0.05) is 22.3 Å². The van der Waals surface area contributed by atoms with Gasteiger partial charge in [-0.25, -0.2) is 0 Å². The fraction of sp³-hybridized carbons (Fsp3) is 0.261. The number of rotatable bonds is 5. The molecular formula is C23H23ClN4O3. The molecule has 2 aromatic carbocycles. The van der Waals surface area contributed by atoms with Gasteiger partial charge in [0.2, 0.25) is 0 Å². The minimum atomic E-state index is -0.760. The number of carbonyl (C=O) groups excluding carboxylic acids is 2. The summed E-state index contributed by atoms with van der Waals surface area (Å²) in [6.45, 7) is 0.674. The molecule has 1 aromatic heterocycles. The largest absolute Gasteiger partial charge is 0.495 e. The molecule has 4 rings (SSSR count). The molecule has 0 saturated heterocycles. The van der Waals surface area contributed by atoms with Crippen molar-refractivity contribution in [3.05, 3.63) is 76.6 Å². The first kappa shape index (κ1) is 20.9. The van der Waals surface area contributed by atoms with Crippen molar-refractivity contribution in [1.82, 2.24) is 15.1 Å². The van der Waals surface area contributed by atoms with Gasteiger partial charge in [-0.2, -0.15) is 5.10 Å². The summed E-state index contributed by atoms with van der Waals surface area (Å²) in [6.07, 6.45) is 4.35. The highest BCUT2D eigenvalue weighted by molar-refractivity contribution is 6.40. The number of aromatic nitrogens is 2. The molecule has 0 fully saturated rings. The molecular weight excluding hydrogens is 416 g/mol. The molecule has 2 amide bonds. The van der Waals surface area contributed by atoms with Gasteiger partial charge in [-0.15, -0.1) is 0 Å². The first-order chi connectivity index (χ1) is 15.0. The molecule has 0 bridgehead atoms. The summed E-state index contributed by atoms with van der Waals surface area (Å²) in [7, 11) is 1.47. The van der Waals surface area contributed by atoms with Crippen molar-refractivity contribution < 1.29 is 14.3 Å². The lowest BCUT2D eigenvalue weighted by molar-refractivity contribution is -0.136. The van der Waals surface area contributed by atoms with Crippen LogP contribution in [-0.2, 0) is 22.6 Å². The highest BCUT2D eigenvalue weighted by Gasteiger charge is 2.28. The number of halogens is 1. The molecule has 8 heteroatoms. The number of hydrogen-bond donors (Lipinski definition) is 2. The lowest BCUT2D eigenvalue weighted by atomic mass is 9.93. The van der Waals surface area contributed by atoms with Gasteiger partial charge in [0.25, 0.3) is 0 Å². The standard InChI is InChI=1S/C23H23ClN4O3/c1-31-21-12-16(24)10-11-19(21)27-23(30)22(29)26-18-8-5-9-20-17(18)13-25-28(20)14-15-6-3-2-4-7-15/h2-4,6-7,10-13,18H,5,8-9,14H2,1H3,(H,26,29)(H,27,30). The molecule has 160 valence electrons. The minimum absolute atomic E-state index is 0.251. The summed E-state index contributed by atoms with van der Waals surface area (Å²) >= 11 is 5.94. The van der Waals surface area contributed by atoms with Crippen LogP contribution in [-0.4, -0.2) is 28.7 Å². The van der Waals surface area contributed by atoms with Crippen molar-refractivity contribution in [3.8, 4) is 5.75 Å². The Morgan fingerprint density at radius 1 is 1.19 bits per heavy atom. The first-order valence-corrected chi connectivity index (χ1v) is 10.5. The van der Waals surface area contributed by atoms with Crippen LogP contribution >= 0.6 is 11.6 Å². The maximum absolute atomic E-state index is 12.6. The van der Waals surface area contributed by atoms with E-state index < -0.39 is 11.8 Å². The van der Waals surface area contributed by atoms with Crippen molar-refractivity contribution >= 4 is 29.1 Å². The number of ether oxygens (including phenoxy) is 1. The summed E-state index contributed by atoms with van der Waals surface area (Å²) in [5.41, 5.74) is 3.61. The van der Waals surface area contributed by atoms with E-state index in [2.05, 4.69) is 27.9 Å². The van der Waals surface area contributed by atoms with Crippen molar-refractivity contribution in [2.75, 3.05) is 12.4 Å². The minimum Gasteiger partial charge on any atom is -0.495 e. The van der Waals surface area contributed by atoms with Crippen molar-refractivity contribution in [3.63, 3.8) is 0 Å². The van der Waals surface area contributed by atoms with Crippen molar-refractivity contribution in [2.45, 2.75) is 31.8 Å². The Bertz CT molecular complexity index is 1100. The molecule has 31 heavy (non-hydrogen) atoms. The fourth-order valence-corrected chi connectivity index (χ4v) is 3.99. The Balaban J connectivity index is 1.45. The summed E-state index contributed by atoms with van der Waals surface area (Å²) in [5.74, 6) is -1.08. The van der Waals surface area contributed by atoms with E-state index in [1.54, 1.807) is 24.4 Å². The summed E-state index contributed by atoms with van der Waals surface area (Å²) in [5, 5.41) is 10.4. The van der Waals surface area contributed by atoms with Crippen LogP contribution in [0.4, 0.5) is 5.69 Å². The Morgan fingerprint density at radius 2 is 2.00 bits per heavy atom. The molecule has 1 heterocycles. The van der Waals surface area contributed by atoms with E-state index in [1.165, 1.54) is 7.11 Å². The van der Waals surface area contributed by atoms with Crippen LogP contribution in [0.2, 0.25) is 5.02 Å². The highest BCUT2D eigenvalue weighted by atomic mass is 35.5. The maximum atomic E-state index is 12.6. The molecule has 0 radical (unpaired) electrons. The van der Waals surface area contributed by atoms with Crippen molar-refractivity contribution in [1.29, 1.82) is 0 Å². The molecule has 3 aromatic rings. The number of nitrogens with zero attached hydrogens (tertiary/aromatic N) is 2.